The summed E-state index contributed by atoms with van der Waals surface area (Å²) in [6.45, 7) is 8.50. The molecule has 174 valence electrons. The van der Waals surface area contributed by atoms with Gasteiger partial charge in [-0.2, -0.15) is 0 Å². The van der Waals surface area contributed by atoms with Gasteiger partial charge in [0.15, 0.2) is 0 Å². The molecule has 2 N–H and O–H groups in total. The molecule has 0 spiro atoms. The van der Waals surface area contributed by atoms with E-state index in [2.05, 4.69) is 49.8 Å². The van der Waals surface area contributed by atoms with Crippen molar-refractivity contribution < 1.29 is 10.2 Å². The van der Waals surface area contributed by atoms with Crippen LogP contribution in [0.15, 0.2) is 60.0 Å². The van der Waals surface area contributed by atoms with Crippen molar-refractivity contribution in [2.75, 3.05) is 0 Å². The summed E-state index contributed by atoms with van der Waals surface area (Å²) in [5.41, 5.74) is 7.42. The molecule has 33 heavy (non-hydrogen) atoms. The lowest BCUT2D eigenvalue weighted by Crippen LogP contribution is -1.97. The minimum absolute atomic E-state index is 0.164. The molecule has 3 aromatic rings. The second-order valence-electron chi connectivity index (χ2n) is 9.05. The highest BCUT2D eigenvalue weighted by atomic mass is 16.3. The molecular formula is C29H36N2O2. The summed E-state index contributed by atoms with van der Waals surface area (Å²) >= 11 is 0. The smallest absolute Gasteiger partial charge is 0.130 e. The molecule has 0 bridgehead atoms. The predicted molar refractivity (Wildman–Crippen MR) is 138 cm³/mol. The maximum atomic E-state index is 11.4. The lowest BCUT2D eigenvalue weighted by atomic mass is 9.90. The molecule has 0 saturated carbocycles. The van der Waals surface area contributed by atoms with E-state index < -0.39 is 0 Å². The maximum Gasteiger partial charge on any atom is 0.130 e. The van der Waals surface area contributed by atoms with E-state index in [1.165, 1.54) is 11.1 Å². The molecule has 1 heterocycles. The Morgan fingerprint density at radius 2 is 1.70 bits per heavy atom. The topological polar surface area (TPSA) is 66.2 Å². The number of nitrogens with zero attached hydrogens (tertiary/aromatic N) is 2. The summed E-state index contributed by atoms with van der Waals surface area (Å²) in [7, 11) is 0. The first-order valence-corrected chi connectivity index (χ1v) is 12.0. The number of aromatic hydroxyl groups is 2. The minimum atomic E-state index is 0.164. The van der Waals surface area contributed by atoms with Crippen molar-refractivity contribution in [3.63, 3.8) is 0 Å². The van der Waals surface area contributed by atoms with Crippen molar-refractivity contribution in [2.24, 2.45) is 0 Å². The van der Waals surface area contributed by atoms with Gasteiger partial charge >= 0.3 is 0 Å². The molecule has 0 amide bonds. The van der Waals surface area contributed by atoms with Crippen LogP contribution in [-0.2, 0) is 12.8 Å². The van der Waals surface area contributed by atoms with Crippen LogP contribution in [0.5, 0.6) is 11.5 Å². The quantitative estimate of drug-likeness (QED) is 0.249. The number of aromatic nitrogens is 2. The van der Waals surface area contributed by atoms with E-state index in [0.717, 1.165) is 66.2 Å². The zero-order valence-corrected chi connectivity index (χ0v) is 20.4. The second kappa shape index (κ2) is 11.6. The van der Waals surface area contributed by atoms with E-state index in [0.29, 0.717) is 12.0 Å². The molecule has 1 aromatic heterocycles. The van der Waals surface area contributed by atoms with Gasteiger partial charge in [-0.1, -0.05) is 49.1 Å². The van der Waals surface area contributed by atoms with Gasteiger partial charge in [0.05, 0.1) is 11.0 Å². The normalized spacial score (nSPS) is 11.7. The molecular weight excluding hydrogens is 408 g/mol. The first kappa shape index (κ1) is 24.5. The van der Waals surface area contributed by atoms with Crippen molar-refractivity contribution >= 4 is 11.0 Å². The highest BCUT2D eigenvalue weighted by Gasteiger charge is 2.19. The lowest BCUT2D eigenvalue weighted by molar-refractivity contribution is 0.440. The van der Waals surface area contributed by atoms with E-state index in [-0.39, 0.29) is 11.5 Å². The second-order valence-corrected chi connectivity index (χ2v) is 9.05. The number of benzene rings is 2. The molecule has 0 aliphatic rings. The van der Waals surface area contributed by atoms with Gasteiger partial charge in [-0.05, 0) is 82.2 Å². The summed E-state index contributed by atoms with van der Waals surface area (Å²) < 4.78 is 0. The molecule has 0 fully saturated rings. The Bertz CT molecular complexity index is 1160. The summed E-state index contributed by atoms with van der Waals surface area (Å²) in [6.07, 6.45) is 14.2. The van der Waals surface area contributed by atoms with Crippen LogP contribution in [0.1, 0.15) is 70.9 Å². The standard InChI is InChI=1S/C29H36N2O2/c1-5-6-7-11-22-19-27(32)24(14-12-21(4)10-8-9-20(2)3)29(33)28(22)23-13-15-25-26(18-23)31-17-16-30-25/h9,12-13,15-19,32-33H,5-8,10-11,14H2,1-4H3/b21-12+. The Morgan fingerprint density at radius 3 is 2.42 bits per heavy atom. The fraction of sp³-hybridized carbons (Fsp3) is 0.379. The maximum absolute atomic E-state index is 11.4. The van der Waals surface area contributed by atoms with Gasteiger partial charge in [0.1, 0.15) is 11.5 Å². The summed E-state index contributed by atoms with van der Waals surface area (Å²) in [5, 5.41) is 22.2. The third-order valence-corrected chi connectivity index (χ3v) is 6.02. The number of rotatable bonds is 10. The van der Waals surface area contributed by atoms with Gasteiger partial charge in [-0.15, -0.1) is 0 Å². The van der Waals surface area contributed by atoms with Crippen LogP contribution in [0.2, 0.25) is 0 Å². The number of hydrogen-bond acceptors (Lipinski definition) is 4. The SMILES string of the molecule is CCCCCc1cc(O)c(C/C=C(\C)CCC=C(C)C)c(O)c1-c1ccc2nccnc2c1. The number of aryl methyl sites for hydroxylation is 1. The number of phenolic OH excluding ortho intramolecular Hbond substituents is 2. The molecule has 0 radical (unpaired) electrons. The Kier molecular flexibility index (Phi) is 8.65. The third kappa shape index (κ3) is 6.44. The van der Waals surface area contributed by atoms with Crippen LogP contribution < -0.4 is 0 Å². The fourth-order valence-electron chi connectivity index (χ4n) is 4.12. The Morgan fingerprint density at radius 1 is 0.939 bits per heavy atom. The van der Waals surface area contributed by atoms with Crippen molar-refractivity contribution in [1.82, 2.24) is 9.97 Å². The van der Waals surface area contributed by atoms with Crippen molar-refractivity contribution in [3.8, 4) is 22.6 Å². The number of hydrogen-bond donors (Lipinski definition) is 2. The largest absolute Gasteiger partial charge is 0.508 e. The van der Waals surface area contributed by atoms with Crippen LogP contribution >= 0.6 is 0 Å². The Labute approximate surface area is 197 Å². The zero-order valence-electron chi connectivity index (χ0n) is 20.4. The van der Waals surface area contributed by atoms with Gasteiger partial charge in [-0.3, -0.25) is 9.97 Å². The van der Waals surface area contributed by atoms with Gasteiger partial charge in [0.25, 0.3) is 0 Å². The Balaban J connectivity index is 2.00. The van der Waals surface area contributed by atoms with Crippen LogP contribution in [0.25, 0.3) is 22.2 Å². The van der Waals surface area contributed by atoms with Gasteiger partial charge in [0.2, 0.25) is 0 Å². The molecule has 4 heteroatoms. The lowest BCUT2D eigenvalue weighted by Gasteiger charge is -2.17. The van der Waals surface area contributed by atoms with Crippen LogP contribution in [0, 0.1) is 0 Å². The van der Waals surface area contributed by atoms with Crippen molar-refractivity contribution in [1.29, 1.82) is 0 Å². The average Bonchev–Trinajstić information content (AvgIpc) is 2.78. The third-order valence-electron chi connectivity index (χ3n) is 6.02. The average molecular weight is 445 g/mol. The highest BCUT2D eigenvalue weighted by Crippen LogP contribution is 2.42. The number of unbranched alkanes of at least 4 members (excludes halogenated alkanes) is 2. The van der Waals surface area contributed by atoms with Gasteiger partial charge in [0, 0.05) is 23.5 Å². The van der Waals surface area contributed by atoms with Crippen molar-refractivity contribution in [3.05, 3.63) is 71.1 Å². The zero-order chi connectivity index (χ0) is 23.8. The molecule has 0 aliphatic heterocycles. The van der Waals surface area contributed by atoms with E-state index in [1.807, 2.05) is 24.3 Å². The predicted octanol–water partition coefficient (Wildman–Crippen LogP) is 7.68. The van der Waals surface area contributed by atoms with E-state index in [1.54, 1.807) is 12.4 Å². The summed E-state index contributed by atoms with van der Waals surface area (Å²) in [6, 6.07) is 7.73. The Hall–Kier alpha value is -3.14. The van der Waals surface area contributed by atoms with Gasteiger partial charge < -0.3 is 10.2 Å². The molecule has 0 unspecified atom stereocenters. The van der Waals surface area contributed by atoms with Crippen LogP contribution in [-0.4, -0.2) is 20.2 Å². The minimum Gasteiger partial charge on any atom is -0.508 e. The summed E-state index contributed by atoms with van der Waals surface area (Å²) in [4.78, 5) is 8.80. The first-order chi connectivity index (χ1) is 15.9. The summed E-state index contributed by atoms with van der Waals surface area (Å²) in [5.74, 6) is 0.328. The van der Waals surface area contributed by atoms with Gasteiger partial charge in [-0.25, -0.2) is 0 Å². The molecule has 0 aliphatic carbocycles. The van der Waals surface area contributed by atoms with E-state index >= 15 is 0 Å². The monoisotopic (exact) mass is 444 g/mol. The fourth-order valence-corrected chi connectivity index (χ4v) is 4.12. The highest BCUT2D eigenvalue weighted by molar-refractivity contribution is 5.85. The van der Waals surface area contributed by atoms with E-state index in [9.17, 15) is 10.2 Å². The molecule has 2 aromatic carbocycles. The number of fused-ring (bicyclic) bond motifs is 1. The molecule has 0 atom stereocenters. The first-order valence-electron chi connectivity index (χ1n) is 12.0. The van der Waals surface area contributed by atoms with Crippen molar-refractivity contribution in [2.45, 2.75) is 72.6 Å². The molecule has 0 saturated heterocycles. The van der Waals surface area contributed by atoms with Crippen LogP contribution in [0.3, 0.4) is 0 Å². The number of allylic oxidation sites excluding steroid dienone is 4. The van der Waals surface area contributed by atoms with Crippen LogP contribution in [0.4, 0.5) is 0 Å². The number of phenols is 2. The molecule has 3 rings (SSSR count). The van der Waals surface area contributed by atoms with E-state index in [4.69, 9.17) is 0 Å². The molecule has 4 nitrogen and oxygen atoms in total.